The van der Waals surface area contributed by atoms with Crippen molar-refractivity contribution in [2.24, 2.45) is 5.92 Å². The van der Waals surface area contributed by atoms with Crippen molar-refractivity contribution in [1.82, 2.24) is 15.1 Å². The van der Waals surface area contributed by atoms with E-state index in [-0.39, 0.29) is 43.5 Å². The molecule has 4 amide bonds. The minimum absolute atomic E-state index is 0.0226. The molecule has 112 valence electrons. The first-order valence-corrected chi connectivity index (χ1v) is 6.98. The Morgan fingerprint density at radius 1 is 1.35 bits per heavy atom. The molecule has 0 radical (unpaired) electrons. The van der Waals surface area contributed by atoms with Crippen molar-refractivity contribution in [1.29, 1.82) is 0 Å². The van der Waals surface area contributed by atoms with Crippen LogP contribution in [0.25, 0.3) is 0 Å². The van der Waals surface area contributed by atoms with Crippen molar-refractivity contribution in [3.05, 3.63) is 0 Å². The molecule has 2 aliphatic rings. The molecular weight excluding hydrogens is 262 g/mol. The van der Waals surface area contributed by atoms with Crippen molar-refractivity contribution in [3.8, 4) is 0 Å². The first kappa shape index (κ1) is 14.8. The second kappa shape index (κ2) is 6.21. The van der Waals surface area contributed by atoms with Crippen LogP contribution < -0.4 is 5.32 Å². The van der Waals surface area contributed by atoms with E-state index in [1.807, 2.05) is 0 Å². The van der Waals surface area contributed by atoms with Crippen molar-refractivity contribution in [2.45, 2.75) is 31.7 Å². The number of urea groups is 1. The maximum absolute atomic E-state index is 12.0. The Morgan fingerprint density at radius 2 is 2.05 bits per heavy atom. The van der Waals surface area contributed by atoms with Crippen molar-refractivity contribution in [2.75, 3.05) is 26.7 Å². The van der Waals surface area contributed by atoms with Crippen LogP contribution in [0, 0.1) is 5.92 Å². The molecule has 2 atom stereocenters. The van der Waals surface area contributed by atoms with E-state index in [1.54, 1.807) is 0 Å². The molecule has 1 saturated carbocycles. The highest BCUT2D eigenvalue weighted by molar-refractivity contribution is 6.04. The molecule has 1 saturated heterocycles. The van der Waals surface area contributed by atoms with Gasteiger partial charge in [0.2, 0.25) is 5.91 Å². The fourth-order valence-corrected chi connectivity index (χ4v) is 2.84. The van der Waals surface area contributed by atoms with Crippen LogP contribution in [0.5, 0.6) is 0 Å². The second-order valence-corrected chi connectivity index (χ2v) is 5.52. The molecule has 2 N–H and O–H groups in total. The third-order valence-electron chi connectivity index (χ3n) is 4.02. The number of carbonyl (C=O) groups excluding carboxylic acids is 3. The minimum atomic E-state index is -0.437. The molecular formula is C13H21N3O4. The van der Waals surface area contributed by atoms with Crippen LogP contribution in [-0.4, -0.2) is 65.5 Å². The third-order valence-corrected chi connectivity index (χ3v) is 4.02. The molecule has 1 aliphatic carbocycles. The predicted octanol–water partition coefficient (Wildman–Crippen LogP) is -0.452. The number of carbonyl (C=O) groups is 3. The zero-order chi connectivity index (χ0) is 14.7. The molecule has 0 aromatic heterocycles. The Hall–Kier alpha value is -1.63. The van der Waals surface area contributed by atoms with Crippen LogP contribution in [-0.2, 0) is 9.59 Å². The summed E-state index contributed by atoms with van der Waals surface area (Å²) in [6.07, 6.45) is 3.81. The fourth-order valence-electron chi connectivity index (χ4n) is 2.84. The van der Waals surface area contributed by atoms with Gasteiger partial charge in [-0.2, -0.15) is 0 Å². The molecule has 20 heavy (non-hydrogen) atoms. The molecule has 0 spiro atoms. The number of likely N-dealkylation sites (N-methyl/N-ethyl adjacent to an activating group) is 1. The summed E-state index contributed by atoms with van der Waals surface area (Å²) in [5.74, 6) is -0.622. The summed E-state index contributed by atoms with van der Waals surface area (Å²) in [4.78, 5) is 37.5. The number of rotatable bonds is 4. The van der Waals surface area contributed by atoms with E-state index in [4.69, 9.17) is 0 Å². The van der Waals surface area contributed by atoms with Gasteiger partial charge in [0.15, 0.2) is 0 Å². The minimum Gasteiger partial charge on any atom is -0.396 e. The van der Waals surface area contributed by atoms with Crippen LogP contribution in [0.15, 0.2) is 0 Å². The fraction of sp³-hybridized carbons (Fsp3) is 0.769. The predicted molar refractivity (Wildman–Crippen MR) is 70.7 cm³/mol. The molecule has 2 rings (SSSR count). The molecule has 0 aromatic carbocycles. The Balaban J connectivity index is 1.89. The Bertz CT molecular complexity index is 412. The highest BCUT2D eigenvalue weighted by Crippen LogP contribution is 2.23. The van der Waals surface area contributed by atoms with Crippen molar-refractivity contribution < 1.29 is 19.5 Å². The average Bonchev–Trinajstić information content (AvgIpc) is 2.66. The normalized spacial score (nSPS) is 27.1. The van der Waals surface area contributed by atoms with Gasteiger partial charge >= 0.3 is 6.03 Å². The second-order valence-electron chi connectivity index (χ2n) is 5.52. The summed E-state index contributed by atoms with van der Waals surface area (Å²) >= 11 is 0. The zero-order valence-electron chi connectivity index (χ0n) is 11.7. The zero-order valence-corrected chi connectivity index (χ0v) is 11.7. The summed E-state index contributed by atoms with van der Waals surface area (Å²) < 4.78 is 0. The van der Waals surface area contributed by atoms with Gasteiger partial charge in [-0.1, -0.05) is 12.8 Å². The molecule has 0 aromatic rings. The number of amides is 4. The SMILES string of the molecule is CN1CC(=O)N(CC(=O)NC2CCCCC2CO)C1=O. The average molecular weight is 283 g/mol. The van der Waals surface area contributed by atoms with Crippen LogP contribution in [0.4, 0.5) is 4.79 Å². The quantitative estimate of drug-likeness (QED) is 0.684. The lowest BCUT2D eigenvalue weighted by atomic mass is 9.85. The van der Waals surface area contributed by atoms with Crippen LogP contribution in [0.1, 0.15) is 25.7 Å². The lowest BCUT2D eigenvalue weighted by molar-refractivity contribution is -0.131. The van der Waals surface area contributed by atoms with Gasteiger partial charge in [-0.3, -0.25) is 14.5 Å². The topological polar surface area (TPSA) is 90.0 Å². The molecule has 7 heteroatoms. The number of nitrogens with one attached hydrogen (secondary N) is 1. The first-order valence-electron chi connectivity index (χ1n) is 6.98. The van der Waals surface area contributed by atoms with Crippen LogP contribution >= 0.6 is 0 Å². The number of nitrogens with zero attached hydrogens (tertiary/aromatic N) is 2. The standard InChI is InChI=1S/C13H21N3O4/c1-15-7-12(19)16(13(15)20)6-11(18)14-10-5-3-2-4-9(10)8-17/h9-10,17H,2-8H2,1H3,(H,14,18). The molecule has 2 fully saturated rings. The Morgan fingerprint density at radius 3 is 2.65 bits per heavy atom. The summed E-state index contributed by atoms with van der Waals surface area (Å²) in [6, 6.07) is -0.501. The lowest BCUT2D eigenvalue weighted by Crippen LogP contribution is -2.48. The lowest BCUT2D eigenvalue weighted by Gasteiger charge is -2.31. The monoisotopic (exact) mass is 283 g/mol. The Kier molecular flexibility index (Phi) is 4.59. The molecule has 7 nitrogen and oxygen atoms in total. The molecule has 2 unspecified atom stereocenters. The van der Waals surface area contributed by atoms with Gasteiger partial charge in [0.05, 0.1) is 0 Å². The number of hydrogen-bond acceptors (Lipinski definition) is 4. The van der Waals surface area contributed by atoms with Gasteiger partial charge in [-0.25, -0.2) is 4.79 Å². The van der Waals surface area contributed by atoms with E-state index < -0.39 is 6.03 Å². The maximum atomic E-state index is 12.0. The molecule has 1 aliphatic heterocycles. The van der Waals surface area contributed by atoms with Crippen LogP contribution in [0.3, 0.4) is 0 Å². The Labute approximate surface area is 117 Å². The highest BCUT2D eigenvalue weighted by Gasteiger charge is 2.35. The van der Waals surface area contributed by atoms with Gasteiger partial charge in [0.25, 0.3) is 5.91 Å². The van der Waals surface area contributed by atoms with Gasteiger partial charge in [-0.15, -0.1) is 0 Å². The van der Waals surface area contributed by atoms with E-state index in [2.05, 4.69) is 5.32 Å². The van der Waals surface area contributed by atoms with Gasteiger partial charge in [0.1, 0.15) is 13.1 Å². The number of imide groups is 1. The smallest absolute Gasteiger partial charge is 0.327 e. The van der Waals surface area contributed by atoms with Crippen molar-refractivity contribution >= 4 is 17.8 Å². The highest BCUT2D eigenvalue weighted by atomic mass is 16.3. The number of aliphatic hydroxyl groups is 1. The van der Waals surface area contributed by atoms with Gasteiger partial charge < -0.3 is 15.3 Å². The van der Waals surface area contributed by atoms with Crippen molar-refractivity contribution in [3.63, 3.8) is 0 Å². The third kappa shape index (κ3) is 3.09. The summed E-state index contributed by atoms with van der Waals surface area (Å²) in [5.41, 5.74) is 0. The van der Waals surface area contributed by atoms with Gasteiger partial charge in [-0.05, 0) is 12.8 Å². The van der Waals surface area contributed by atoms with E-state index in [1.165, 1.54) is 11.9 Å². The maximum Gasteiger partial charge on any atom is 0.327 e. The van der Waals surface area contributed by atoms with Crippen LogP contribution in [0.2, 0.25) is 0 Å². The number of hydrogen-bond donors (Lipinski definition) is 2. The van der Waals surface area contributed by atoms with Gasteiger partial charge in [0, 0.05) is 25.6 Å². The van der Waals surface area contributed by atoms with E-state index in [0.29, 0.717) is 0 Å². The first-order chi connectivity index (χ1) is 9.52. The van der Waals surface area contributed by atoms with E-state index >= 15 is 0 Å². The molecule has 0 bridgehead atoms. The summed E-state index contributed by atoms with van der Waals surface area (Å²) in [7, 11) is 1.53. The summed E-state index contributed by atoms with van der Waals surface area (Å²) in [5, 5.41) is 12.1. The van der Waals surface area contributed by atoms with E-state index in [9.17, 15) is 19.5 Å². The number of aliphatic hydroxyl groups excluding tert-OH is 1. The van der Waals surface area contributed by atoms with E-state index in [0.717, 1.165) is 30.6 Å². The summed E-state index contributed by atoms with van der Waals surface area (Å²) in [6.45, 7) is -0.166. The molecule has 1 heterocycles. The largest absolute Gasteiger partial charge is 0.396 e.